The van der Waals surface area contributed by atoms with E-state index in [9.17, 15) is 9.59 Å². The zero-order chi connectivity index (χ0) is 10.7. The van der Waals surface area contributed by atoms with E-state index in [4.69, 9.17) is 10.8 Å². The number of rotatable bonds is 4. The number of aliphatic carboxylic acids is 1. The van der Waals surface area contributed by atoms with Crippen molar-refractivity contribution < 1.29 is 14.7 Å². The van der Waals surface area contributed by atoms with Gasteiger partial charge >= 0.3 is 5.97 Å². The molecule has 0 aromatic heterocycles. The maximum atomic E-state index is 11.4. The minimum absolute atomic E-state index is 0.0143. The minimum atomic E-state index is -0.819. The predicted octanol–water partition coefficient (Wildman–Crippen LogP) is -0.486. The number of hydrogen-bond donors (Lipinski definition) is 2. The first-order chi connectivity index (χ1) is 6.54. The average molecular weight is 200 g/mol. The average Bonchev–Trinajstić information content (AvgIpc) is 2.00. The Morgan fingerprint density at radius 1 is 1.57 bits per heavy atom. The first kappa shape index (κ1) is 11.0. The van der Waals surface area contributed by atoms with Crippen molar-refractivity contribution in [2.24, 2.45) is 17.6 Å². The first-order valence-electron chi connectivity index (χ1n) is 4.75. The normalized spacial score (nSPS) is 18.9. The predicted molar refractivity (Wildman–Crippen MR) is 50.5 cm³/mol. The smallest absolute Gasteiger partial charge is 0.310 e. The topological polar surface area (TPSA) is 83.6 Å². The molecule has 0 aromatic rings. The van der Waals surface area contributed by atoms with E-state index in [1.807, 2.05) is 6.92 Å². The van der Waals surface area contributed by atoms with Crippen molar-refractivity contribution in [3.63, 3.8) is 0 Å². The highest BCUT2D eigenvalue weighted by molar-refractivity contribution is 5.81. The molecule has 5 nitrogen and oxygen atoms in total. The van der Waals surface area contributed by atoms with Crippen molar-refractivity contribution in [3.8, 4) is 0 Å². The van der Waals surface area contributed by atoms with Crippen LogP contribution in [-0.2, 0) is 9.59 Å². The molecule has 1 saturated heterocycles. The summed E-state index contributed by atoms with van der Waals surface area (Å²) < 4.78 is 0. The summed E-state index contributed by atoms with van der Waals surface area (Å²) in [6.45, 7) is 3.10. The van der Waals surface area contributed by atoms with Gasteiger partial charge in [-0.15, -0.1) is 0 Å². The molecule has 0 bridgehead atoms. The molecule has 80 valence electrons. The summed E-state index contributed by atoms with van der Waals surface area (Å²) in [7, 11) is 0. The van der Waals surface area contributed by atoms with Gasteiger partial charge < -0.3 is 15.7 Å². The van der Waals surface area contributed by atoms with Crippen LogP contribution in [0.3, 0.4) is 0 Å². The van der Waals surface area contributed by atoms with Gasteiger partial charge in [-0.2, -0.15) is 0 Å². The van der Waals surface area contributed by atoms with E-state index >= 15 is 0 Å². The first-order valence-corrected chi connectivity index (χ1v) is 4.75. The third-order valence-electron chi connectivity index (χ3n) is 2.51. The van der Waals surface area contributed by atoms with Gasteiger partial charge in [0, 0.05) is 19.5 Å². The van der Waals surface area contributed by atoms with Crippen molar-refractivity contribution in [2.75, 3.05) is 19.6 Å². The second kappa shape index (κ2) is 4.41. The fourth-order valence-electron chi connectivity index (χ4n) is 1.35. The lowest BCUT2D eigenvalue weighted by atomic mass is 9.98. The molecule has 1 unspecified atom stereocenters. The highest BCUT2D eigenvalue weighted by Gasteiger charge is 2.35. The maximum absolute atomic E-state index is 11.4. The quantitative estimate of drug-likeness (QED) is 0.641. The fourth-order valence-corrected chi connectivity index (χ4v) is 1.35. The molecule has 0 aliphatic carbocycles. The van der Waals surface area contributed by atoms with E-state index in [0.29, 0.717) is 26.1 Å². The Morgan fingerprint density at radius 3 is 2.57 bits per heavy atom. The number of hydrogen-bond acceptors (Lipinski definition) is 3. The standard InChI is InChI=1S/C9H16N2O3/c1-6(3-10)2-8(12)11-4-7(5-11)9(13)14/h6-7H,2-5,10H2,1H3,(H,13,14). The van der Waals surface area contributed by atoms with Crippen LogP contribution in [-0.4, -0.2) is 41.5 Å². The lowest BCUT2D eigenvalue weighted by molar-refractivity contribution is -0.153. The SMILES string of the molecule is CC(CN)CC(=O)N1CC(C(=O)O)C1. The van der Waals surface area contributed by atoms with Crippen LogP contribution in [0.25, 0.3) is 0 Å². The molecule has 1 fully saturated rings. The molecule has 1 amide bonds. The molecule has 3 N–H and O–H groups in total. The van der Waals surface area contributed by atoms with Gasteiger partial charge in [0.2, 0.25) is 5.91 Å². The lowest BCUT2D eigenvalue weighted by Gasteiger charge is -2.37. The van der Waals surface area contributed by atoms with E-state index in [-0.39, 0.29) is 17.7 Å². The fraction of sp³-hybridized carbons (Fsp3) is 0.778. The summed E-state index contributed by atoms with van der Waals surface area (Å²) >= 11 is 0. The zero-order valence-electron chi connectivity index (χ0n) is 8.27. The number of carboxylic acid groups (broad SMARTS) is 1. The molecule has 1 aliphatic heterocycles. The lowest BCUT2D eigenvalue weighted by Crippen LogP contribution is -2.53. The van der Waals surface area contributed by atoms with E-state index in [1.54, 1.807) is 4.90 Å². The Morgan fingerprint density at radius 2 is 2.14 bits per heavy atom. The van der Waals surface area contributed by atoms with E-state index in [0.717, 1.165) is 0 Å². The van der Waals surface area contributed by atoms with Gasteiger partial charge in [-0.05, 0) is 12.5 Å². The van der Waals surface area contributed by atoms with Crippen LogP contribution in [0.5, 0.6) is 0 Å². The molecule has 1 heterocycles. The summed E-state index contributed by atoms with van der Waals surface area (Å²) in [6.07, 6.45) is 0.419. The summed E-state index contributed by atoms with van der Waals surface area (Å²) in [4.78, 5) is 23.5. The number of carbonyl (C=O) groups excluding carboxylic acids is 1. The van der Waals surface area contributed by atoms with Crippen LogP contribution in [0.15, 0.2) is 0 Å². The van der Waals surface area contributed by atoms with Crippen molar-refractivity contribution >= 4 is 11.9 Å². The highest BCUT2D eigenvalue weighted by Crippen LogP contribution is 2.17. The second-order valence-corrected chi connectivity index (χ2v) is 3.88. The van der Waals surface area contributed by atoms with Crippen molar-refractivity contribution in [1.82, 2.24) is 4.90 Å². The molecule has 14 heavy (non-hydrogen) atoms. The molecule has 0 radical (unpaired) electrons. The summed E-state index contributed by atoms with van der Waals surface area (Å²) in [5.41, 5.74) is 5.39. The summed E-state index contributed by atoms with van der Waals surface area (Å²) in [5.74, 6) is -1.00. The van der Waals surface area contributed by atoms with Crippen LogP contribution in [0, 0.1) is 11.8 Å². The second-order valence-electron chi connectivity index (χ2n) is 3.88. The van der Waals surface area contributed by atoms with E-state index in [1.165, 1.54) is 0 Å². The monoisotopic (exact) mass is 200 g/mol. The van der Waals surface area contributed by atoms with Crippen LogP contribution in [0.2, 0.25) is 0 Å². The van der Waals surface area contributed by atoms with Gasteiger partial charge in [-0.25, -0.2) is 0 Å². The molecular formula is C9H16N2O3. The van der Waals surface area contributed by atoms with Crippen LogP contribution in [0.1, 0.15) is 13.3 Å². The van der Waals surface area contributed by atoms with E-state index < -0.39 is 5.97 Å². The van der Waals surface area contributed by atoms with Gasteiger partial charge in [0.25, 0.3) is 0 Å². The molecule has 1 rings (SSSR count). The maximum Gasteiger partial charge on any atom is 0.310 e. The number of nitrogens with zero attached hydrogens (tertiary/aromatic N) is 1. The molecular weight excluding hydrogens is 184 g/mol. The Kier molecular flexibility index (Phi) is 3.46. The minimum Gasteiger partial charge on any atom is -0.481 e. The van der Waals surface area contributed by atoms with E-state index in [2.05, 4.69) is 0 Å². The van der Waals surface area contributed by atoms with Crippen molar-refractivity contribution in [3.05, 3.63) is 0 Å². The summed E-state index contributed by atoms with van der Waals surface area (Å²) in [5, 5.41) is 8.60. The summed E-state index contributed by atoms with van der Waals surface area (Å²) in [6, 6.07) is 0. The largest absolute Gasteiger partial charge is 0.481 e. The zero-order valence-corrected chi connectivity index (χ0v) is 8.27. The number of amides is 1. The number of carboxylic acids is 1. The van der Waals surface area contributed by atoms with Gasteiger partial charge in [0.1, 0.15) is 0 Å². The van der Waals surface area contributed by atoms with Crippen LogP contribution in [0.4, 0.5) is 0 Å². The third-order valence-corrected chi connectivity index (χ3v) is 2.51. The van der Waals surface area contributed by atoms with Gasteiger partial charge in [-0.3, -0.25) is 9.59 Å². The Labute approximate surface area is 82.9 Å². The molecule has 1 atom stereocenters. The van der Waals surface area contributed by atoms with Gasteiger partial charge in [0.05, 0.1) is 5.92 Å². The van der Waals surface area contributed by atoms with Crippen LogP contribution < -0.4 is 5.73 Å². The molecule has 0 saturated carbocycles. The molecule has 5 heteroatoms. The van der Waals surface area contributed by atoms with Crippen molar-refractivity contribution in [1.29, 1.82) is 0 Å². The third kappa shape index (κ3) is 2.45. The Bertz CT molecular complexity index is 236. The number of likely N-dealkylation sites (tertiary alicyclic amines) is 1. The van der Waals surface area contributed by atoms with Crippen molar-refractivity contribution in [2.45, 2.75) is 13.3 Å². The van der Waals surface area contributed by atoms with Gasteiger partial charge in [0.15, 0.2) is 0 Å². The van der Waals surface area contributed by atoms with Crippen LogP contribution >= 0.6 is 0 Å². The Balaban J connectivity index is 2.26. The number of carbonyl (C=O) groups is 2. The van der Waals surface area contributed by atoms with Gasteiger partial charge in [-0.1, -0.05) is 6.92 Å². The molecule has 0 aromatic carbocycles. The molecule has 0 spiro atoms. The number of nitrogens with two attached hydrogens (primary N) is 1. The molecule has 1 aliphatic rings. The Hall–Kier alpha value is -1.10. The highest BCUT2D eigenvalue weighted by atomic mass is 16.4.